The van der Waals surface area contributed by atoms with Gasteiger partial charge >= 0.3 is 0 Å². The number of rotatable bonds is 2. The summed E-state index contributed by atoms with van der Waals surface area (Å²) in [6, 6.07) is 2.08. The molecule has 0 aromatic carbocycles. The lowest BCUT2D eigenvalue weighted by Gasteiger charge is -2.24. The minimum absolute atomic E-state index is 0.971. The smallest absolute Gasteiger partial charge is 0.132 e. The maximum atomic E-state index is 4.29. The highest BCUT2D eigenvalue weighted by atomic mass is 15.2. The Morgan fingerprint density at radius 3 is 3.00 bits per heavy atom. The summed E-state index contributed by atoms with van der Waals surface area (Å²) in [7, 11) is 0. The Labute approximate surface area is 84.5 Å². The Morgan fingerprint density at radius 2 is 2.29 bits per heavy atom. The van der Waals surface area contributed by atoms with E-state index in [0.29, 0.717) is 0 Å². The van der Waals surface area contributed by atoms with Gasteiger partial charge in [-0.05, 0) is 12.8 Å². The van der Waals surface area contributed by atoms with E-state index in [-0.39, 0.29) is 0 Å². The first-order chi connectivity index (χ1) is 6.90. The van der Waals surface area contributed by atoms with Crippen molar-refractivity contribution in [2.75, 3.05) is 18.0 Å². The van der Waals surface area contributed by atoms with Crippen LogP contribution in [0.3, 0.4) is 0 Å². The van der Waals surface area contributed by atoms with Gasteiger partial charge in [-0.2, -0.15) is 0 Å². The van der Waals surface area contributed by atoms with Crippen LogP contribution >= 0.6 is 0 Å². The number of hydrogen-bond acceptors (Lipinski definition) is 3. The normalized spacial score (nSPS) is 15.9. The summed E-state index contributed by atoms with van der Waals surface area (Å²) < 4.78 is 0. The molecular weight excluding hydrogens is 174 g/mol. The van der Waals surface area contributed by atoms with Crippen LogP contribution in [0.25, 0.3) is 0 Å². The highest BCUT2D eigenvalue weighted by molar-refractivity contribution is 5.40. The van der Waals surface area contributed by atoms with Crippen LogP contribution in [0.4, 0.5) is 5.82 Å². The van der Waals surface area contributed by atoms with Gasteiger partial charge < -0.3 is 4.90 Å². The van der Waals surface area contributed by atoms with Gasteiger partial charge in [0.2, 0.25) is 0 Å². The number of anilines is 1. The minimum atomic E-state index is 0.971. The summed E-state index contributed by atoms with van der Waals surface area (Å²) in [4.78, 5) is 10.8. The third kappa shape index (κ3) is 1.92. The molecule has 0 bridgehead atoms. The molecule has 1 aliphatic heterocycles. The van der Waals surface area contributed by atoms with Crippen molar-refractivity contribution in [3.63, 3.8) is 0 Å². The van der Waals surface area contributed by atoms with Crippen molar-refractivity contribution in [2.45, 2.75) is 19.8 Å². The highest BCUT2D eigenvalue weighted by Gasteiger charge is 2.08. The lowest BCUT2D eigenvalue weighted by atomic mass is 10.2. The Hall–Kier alpha value is -1.38. The fraction of sp³-hybridized carbons (Fsp3) is 0.455. The Balaban J connectivity index is 2.18. The van der Waals surface area contributed by atoms with Gasteiger partial charge in [0.1, 0.15) is 12.1 Å². The largest absolute Gasteiger partial charge is 0.352 e. The maximum Gasteiger partial charge on any atom is 0.132 e. The van der Waals surface area contributed by atoms with Gasteiger partial charge in [-0.3, -0.25) is 0 Å². The van der Waals surface area contributed by atoms with E-state index < -0.39 is 0 Å². The van der Waals surface area contributed by atoms with Crippen LogP contribution in [0.1, 0.15) is 19.0 Å². The van der Waals surface area contributed by atoms with Crippen molar-refractivity contribution < 1.29 is 0 Å². The van der Waals surface area contributed by atoms with Crippen LogP contribution in [-0.4, -0.2) is 23.1 Å². The number of aryl methyl sites for hydroxylation is 1. The standard InChI is InChI=1S/C11H15N3/c1-2-10-8-11(13-9-12-10)14-6-4-3-5-7-14/h3-4,8-9H,2,5-7H2,1H3. The average Bonchev–Trinajstić information content (AvgIpc) is 2.30. The van der Waals surface area contributed by atoms with Crippen molar-refractivity contribution in [1.29, 1.82) is 0 Å². The summed E-state index contributed by atoms with van der Waals surface area (Å²) in [5.74, 6) is 1.06. The zero-order valence-electron chi connectivity index (χ0n) is 8.48. The Morgan fingerprint density at radius 1 is 1.36 bits per heavy atom. The summed E-state index contributed by atoms with van der Waals surface area (Å²) in [5.41, 5.74) is 1.12. The van der Waals surface area contributed by atoms with Crippen molar-refractivity contribution in [1.82, 2.24) is 9.97 Å². The second-order valence-electron chi connectivity index (χ2n) is 3.43. The van der Waals surface area contributed by atoms with Gasteiger partial charge in [-0.1, -0.05) is 19.1 Å². The summed E-state index contributed by atoms with van der Waals surface area (Å²) in [5, 5.41) is 0. The lowest BCUT2D eigenvalue weighted by Crippen LogP contribution is -2.27. The molecule has 0 atom stereocenters. The van der Waals surface area contributed by atoms with E-state index in [4.69, 9.17) is 0 Å². The fourth-order valence-electron chi connectivity index (χ4n) is 1.60. The molecule has 1 aliphatic rings. The molecule has 3 heteroatoms. The van der Waals surface area contributed by atoms with E-state index >= 15 is 0 Å². The molecule has 0 amide bonds. The molecule has 0 N–H and O–H groups in total. The lowest BCUT2D eigenvalue weighted by molar-refractivity contribution is 0.798. The van der Waals surface area contributed by atoms with E-state index in [0.717, 1.165) is 37.4 Å². The molecule has 0 unspecified atom stereocenters. The zero-order valence-corrected chi connectivity index (χ0v) is 8.48. The van der Waals surface area contributed by atoms with Gasteiger partial charge in [-0.15, -0.1) is 0 Å². The van der Waals surface area contributed by atoms with Crippen molar-refractivity contribution >= 4 is 5.82 Å². The van der Waals surface area contributed by atoms with E-state index in [2.05, 4.69) is 40.0 Å². The van der Waals surface area contributed by atoms with Gasteiger partial charge in [0.25, 0.3) is 0 Å². The van der Waals surface area contributed by atoms with E-state index in [1.54, 1.807) is 6.33 Å². The quantitative estimate of drug-likeness (QED) is 0.664. The van der Waals surface area contributed by atoms with E-state index in [1.165, 1.54) is 0 Å². The highest BCUT2D eigenvalue weighted by Crippen LogP contribution is 2.14. The second kappa shape index (κ2) is 4.22. The van der Waals surface area contributed by atoms with Gasteiger partial charge in [0.15, 0.2) is 0 Å². The van der Waals surface area contributed by atoms with E-state index in [9.17, 15) is 0 Å². The third-order valence-corrected chi connectivity index (χ3v) is 2.45. The van der Waals surface area contributed by atoms with Crippen LogP contribution in [-0.2, 0) is 6.42 Å². The summed E-state index contributed by atoms with van der Waals surface area (Å²) >= 11 is 0. The maximum absolute atomic E-state index is 4.29. The average molecular weight is 189 g/mol. The topological polar surface area (TPSA) is 29.0 Å². The molecule has 0 spiro atoms. The molecule has 1 aromatic heterocycles. The molecular formula is C11H15N3. The van der Waals surface area contributed by atoms with Crippen LogP contribution < -0.4 is 4.90 Å². The SMILES string of the molecule is CCc1cc(N2CC=CCC2)ncn1. The monoisotopic (exact) mass is 189 g/mol. The first kappa shape index (κ1) is 9.19. The molecule has 0 aliphatic carbocycles. The number of nitrogens with zero attached hydrogens (tertiary/aromatic N) is 3. The second-order valence-corrected chi connectivity index (χ2v) is 3.43. The van der Waals surface area contributed by atoms with E-state index in [1.807, 2.05) is 0 Å². The molecule has 1 aromatic rings. The predicted octanol–water partition coefficient (Wildman–Crippen LogP) is 1.81. The molecule has 0 saturated heterocycles. The molecule has 2 heterocycles. The van der Waals surface area contributed by atoms with Crippen LogP contribution in [0.2, 0.25) is 0 Å². The number of aromatic nitrogens is 2. The zero-order chi connectivity index (χ0) is 9.80. The fourth-order valence-corrected chi connectivity index (χ4v) is 1.60. The molecule has 2 rings (SSSR count). The van der Waals surface area contributed by atoms with Crippen molar-refractivity contribution in [3.05, 3.63) is 30.2 Å². The molecule has 3 nitrogen and oxygen atoms in total. The summed E-state index contributed by atoms with van der Waals surface area (Å²) in [6.07, 6.45) is 8.16. The minimum Gasteiger partial charge on any atom is -0.352 e. The van der Waals surface area contributed by atoms with Crippen LogP contribution in [0, 0.1) is 0 Å². The first-order valence-electron chi connectivity index (χ1n) is 5.11. The van der Waals surface area contributed by atoms with Crippen LogP contribution in [0.15, 0.2) is 24.5 Å². The predicted molar refractivity (Wildman–Crippen MR) is 57.4 cm³/mol. The molecule has 74 valence electrons. The molecule has 0 fully saturated rings. The van der Waals surface area contributed by atoms with Crippen molar-refractivity contribution in [3.8, 4) is 0 Å². The Bertz CT molecular complexity index is 333. The third-order valence-electron chi connectivity index (χ3n) is 2.45. The van der Waals surface area contributed by atoms with Crippen molar-refractivity contribution in [2.24, 2.45) is 0 Å². The van der Waals surface area contributed by atoms with Gasteiger partial charge in [0.05, 0.1) is 0 Å². The van der Waals surface area contributed by atoms with Gasteiger partial charge in [0, 0.05) is 24.8 Å². The summed E-state index contributed by atoms with van der Waals surface area (Å²) in [6.45, 7) is 4.15. The molecule has 0 saturated carbocycles. The first-order valence-corrected chi connectivity index (χ1v) is 5.11. The van der Waals surface area contributed by atoms with Gasteiger partial charge in [-0.25, -0.2) is 9.97 Å². The Kier molecular flexibility index (Phi) is 2.77. The number of hydrogen-bond donors (Lipinski definition) is 0. The van der Waals surface area contributed by atoms with Crippen LogP contribution in [0.5, 0.6) is 0 Å². The molecule has 14 heavy (non-hydrogen) atoms. The molecule has 0 radical (unpaired) electrons.